The van der Waals surface area contributed by atoms with Gasteiger partial charge in [-0.25, -0.2) is 0 Å². The number of rotatable bonds is 4. The number of hydrogen-bond donors (Lipinski definition) is 0. The lowest BCUT2D eigenvalue weighted by Gasteiger charge is -2.07. The molecule has 0 radical (unpaired) electrons. The number of fused-ring (bicyclic) bond motifs is 1. The van der Waals surface area contributed by atoms with Crippen molar-refractivity contribution in [2.45, 2.75) is 24.9 Å². The normalized spacial score (nSPS) is 20.7. The average molecular weight is 290 g/mol. The van der Waals surface area contributed by atoms with E-state index in [9.17, 15) is 0 Å². The molecule has 1 aromatic heterocycles. The van der Waals surface area contributed by atoms with E-state index in [-0.39, 0.29) is 0 Å². The van der Waals surface area contributed by atoms with E-state index in [0.29, 0.717) is 12.0 Å². The summed E-state index contributed by atoms with van der Waals surface area (Å²) in [6.45, 7) is 0.945. The second kappa shape index (κ2) is 5.29. The fourth-order valence-electron chi connectivity index (χ4n) is 3.57. The smallest absolute Gasteiger partial charge is 0.0486 e. The number of aromatic nitrogens is 1. The van der Waals surface area contributed by atoms with Crippen molar-refractivity contribution in [1.82, 2.24) is 9.47 Å². The van der Waals surface area contributed by atoms with Crippen molar-refractivity contribution in [2.75, 3.05) is 14.1 Å². The van der Waals surface area contributed by atoms with Crippen molar-refractivity contribution < 1.29 is 0 Å². The Morgan fingerprint density at radius 2 is 1.73 bits per heavy atom. The maximum absolute atomic E-state index is 2.41. The fraction of sp³-hybridized carbons (Fsp3) is 0.300. The van der Waals surface area contributed by atoms with E-state index in [2.05, 4.69) is 84.4 Å². The molecule has 1 saturated carbocycles. The lowest BCUT2D eigenvalue weighted by atomic mass is 10.1. The Balaban J connectivity index is 1.73. The van der Waals surface area contributed by atoms with Crippen LogP contribution in [0.15, 0.2) is 60.8 Å². The predicted octanol–water partition coefficient (Wildman–Crippen LogP) is 4.11. The minimum Gasteiger partial charge on any atom is -0.343 e. The van der Waals surface area contributed by atoms with E-state index in [1.54, 1.807) is 0 Å². The molecule has 0 N–H and O–H groups in total. The van der Waals surface area contributed by atoms with Gasteiger partial charge in [0.05, 0.1) is 0 Å². The highest BCUT2D eigenvalue weighted by molar-refractivity contribution is 5.85. The summed E-state index contributed by atoms with van der Waals surface area (Å²) in [7, 11) is 4.38. The molecule has 1 heterocycles. The Kier molecular flexibility index (Phi) is 3.27. The lowest BCUT2D eigenvalue weighted by Crippen LogP contribution is -2.15. The summed E-state index contributed by atoms with van der Waals surface area (Å²) in [5.41, 5.74) is 4.23. The highest BCUT2D eigenvalue weighted by atomic mass is 15.1. The van der Waals surface area contributed by atoms with Gasteiger partial charge in [0, 0.05) is 35.6 Å². The topological polar surface area (TPSA) is 8.17 Å². The van der Waals surface area contributed by atoms with E-state index < -0.39 is 0 Å². The van der Waals surface area contributed by atoms with Crippen LogP contribution in [-0.4, -0.2) is 29.6 Å². The van der Waals surface area contributed by atoms with Gasteiger partial charge in [0.15, 0.2) is 0 Å². The van der Waals surface area contributed by atoms with Gasteiger partial charge in [-0.15, -0.1) is 0 Å². The van der Waals surface area contributed by atoms with Crippen LogP contribution >= 0.6 is 0 Å². The van der Waals surface area contributed by atoms with Crippen molar-refractivity contribution in [2.24, 2.45) is 0 Å². The summed E-state index contributed by atoms with van der Waals surface area (Å²) < 4.78 is 2.41. The van der Waals surface area contributed by atoms with Crippen molar-refractivity contribution in [3.05, 3.63) is 71.9 Å². The Labute approximate surface area is 132 Å². The largest absolute Gasteiger partial charge is 0.343 e. The molecule has 3 aromatic rings. The molecule has 0 spiro atoms. The molecule has 2 atom stereocenters. The first kappa shape index (κ1) is 13.6. The third-order valence-electron chi connectivity index (χ3n) is 4.83. The van der Waals surface area contributed by atoms with Gasteiger partial charge in [0.25, 0.3) is 0 Å². The summed E-state index contributed by atoms with van der Waals surface area (Å²) in [4.78, 5) is 2.36. The maximum Gasteiger partial charge on any atom is 0.0486 e. The molecule has 1 fully saturated rings. The molecular formula is C20H22N2. The molecule has 1 aliphatic carbocycles. The standard InChI is InChI=1S/C20H22N2/c1-21(2)20-12-17(20)18-14-22(13-15-8-4-3-5-9-15)19-11-7-6-10-16(18)19/h3-11,14,17,20H,12-13H2,1-2H3. The van der Waals surface area contributed by atoms with Crippen molar-refractivity contribution in [3.63, 3.8) is 0 Å². The zero-order chi connectivity index (χ0) is 15.1. The number of nitrogens with zero attached hydrogens (tertiary/aromatic N) is 2. The van der Waals surface area contributed by atoms with E-state index >= 15 is 0 Å². The average Bonchev–Trinajstić information content (AvgIpc) is 3.26. The molecule has 2 heteroatoms. The van der Waals surface area contributed by atoms with Crippen LogP contribution in [0.3, 0.4) is 0 Å². The summed E-state index contributed by atoms with van der Waals surface area (Å²) >= 11 is 0. The molecule has 2 aromatic carbocycles. The molecule has 112 valence electrons. The third kappa shape index (κ3) is 2.34. The third-order valence-corrected chi connectivity index (χ3v) is 4.83. The molecule has 0 bridgehead atoms. The van der Waals surface area contributed by atoms with Crippen molar-refractivity contribution in [1.29, 1.82) is 0 Å². The summed E-state index contributed by atoms with van der Waals surface area (Å²) in [5, 5.41) is 1.42. The first-order chi connectivity index (χ1) is 10.7. The molecule has 2 nitrogen and oxygen atoms in total. The van der Waals surface area contributed by atoms with Crippen LogP contribution in [0.1, 0.15) is 23.5 Å². The van der Waals surface area contributed by atoms with Gasteiger partial charge in [-0.05, 0) is 37.7 Å². The summed E-state index contributed by atoms with van der Waals surface area (Å²) in [6, 6.07) is 20.2. The van der Waals surface area contributed by atoms with Gasteiger partial charge < -0.3 is 9.47 Å². The fourth-order valence-corrected chi connectivity index (χ4v) is 3.57. The maximum atomic E-state index is 2.41. The Morgan fingerprint density at radius 3 is 2.45 bits per heavy atom. The number of hydrogen-bond acceptors (Lipinski definition) is 1. The Bertz CT molecular complexity index is 786. The molecule has 22 heavy (non-hydrogen) atoms. The van der Waals surface area contributed by atoms with Crippen molar-refractivity contribution in [3.8, 4) is 0 Å². The second-order valence-corrected chi connectivity index (χ2v) is 6.59. The number of para-hydroxylation sites is 1. The molecule has 0 aliphatic heterocycles. The first-order valence-electron chi connectivity index (χ1n) is 8.02. The van der Waals surface area contributed by atoms with Crippen molar-refractivity contribution >= 4 is 10.9 Å². The zero-order valence-electron chi connectivity index (χ0n) is 13.2. The minimum absolute atomic E-state index is 0.692. The van der Waals surface area contributed by atoms with Crippen LogP contribution in [0.4, 0.5) is 0 Å². The van der Waals surface area contributed by atoms with Crippen LogP contribution < -0.4 is 0 Å². The van der Waals surface area contributed by atoms with Gasteiger partial charge in [-0.1, -0.05) is 48.5 Å². The van der Waals surface area contributed by atoms with Gasteiger partial charge in [0.2, 0.25) is 0 Å². The number of likely N-dealkylation sites (N-methyl/N-ethyl adjacent to an activating group) is 1. The lowest BCUT2D eigenvalue weighted by molar-refractivity contribution is 0.391. The summed E-state index contributed by atoms with van der Waals surface area (Å²) in [5.74, 6) is 0.692. The molecule has 0 amide bonds. The van der Waals surface area contributed by atoms with Gasteiger partial charge in [-0.3, -0.25) is 0 Å². The highest BCUT2D eigenvalue weighted by Crippen LogP contribution is 2.46. The van der Waals surface area contributed by atoms with E-state index in [4.69, 9.17) is 0 Å². The molecule has 1 aliphatic rings. The van der Waals surface area contributed by atoms with Crippen LogP contribution in [0, 0.1) is 0 Å². The SMILES string of the molecule is CN(C)C1CC1c1cn(Cc2ccccc2)c2ccccc12. The molecule has 4 rings (SSSR count). The minimum atomic E-state index is 0.692. The number of benzene rings is 2. The second-order valence-electron chi connectivity index (χ2n) is 6.59. The van der Waals surface area contributed by atoms with Gasteiger partial charge in [-0.2, -0.15) is 0 Å². The van der Waals surface area contributed by atoms with E-state index in [1.165, 1.54) is 28.5 Å². The van der Waals surface area contributed by atoms with E-state index in [1.807, 2.05) is 0 Å². The zero-order valence-corrected chi connectivity index (χ0v) is 13.2. The van der Waals surface area contributed by atoms with Gasteiger partial charge in [0.1, 0.15) is 0 Å². The highest BCUT2D eigenvalue weighted by Gasteiger charge is 2.41. The van der Waals surface area contributed by atoms with Crippen LogP contribution in [-0.2, 0) is 6.54 Å². The first-order valence-corrected chi connectivity index (χ1v) is 8.02. The molecule has 2 unspecified atom stereocenters. The Morgan fingerprint density at radius 1 is 1.00 bits per heavy atom. The summed E-state index contributed by atoms with van der Waals surface area (Å²) in [6.07, 6.45) is 3.66. The Hall–Kier alpha value is -2.06. The van der Waals surface area contributed by atoms with Crippen LogP contribution in [0.25, 0.3) is 10.9 Å². The van der Waals surface area contributed by atoms with Crippen LogP contribution in [0.2, 0.25) is 0 Å². The monoisotopic (exact) mass is 290 g/mol. The molecular weight excluding hydrogens is 268 g/mol. The van der Waals surface area contributed by atoms with Gasteiger partial charge >= 0.3 is 0 Å². The van der Waals surface area contributed by atoms with E-state index in [0.717, 1.165) is 6.54 Å². The van der Waals surface area contributed by atoms with Crippen LogP contribution in [0.5, 0.6) is 0 Å². The molecule has 0 saturated heterocycles. The quantitative estimate of drug-likeness (QED) is 0.702. The predicted molar refractivity (Wildman–Crippen MR) is 92.3 cm³/mol.